The molecular formula is C25H26N6O6S. The van der Waals surface area contributed by atoms with Gasteiger partial charge < -0.3 is 19.0 Å². The van der Waals surface area contributed by atoms with Crippen molar-refractivity contribution in [2.24, 2.45) is 0 Å². The number of rotatable bonds is 9. The maximum atomic E-state index is 13.6. The van der Waals surface area contributed by atoms with Crippen LogP contribution in [0.2, 0.25) is 0 Å². The Morgan fingerprint density at radius 2 is 1.82 bits per heavy atom. The number of nitrogens with one attached hydrogen (secondary N) is 1. The Morgan fingerprint density at radius 1 is 1.13 bits per heavy atom. The number of aromatic nitrogens is 4. The Kier molecular flexibility index (Phi) is 7.12. The van der Waals surface area contributed by atoms with Gasteiger partial charge in [0.25, 0.3) is 0 Å². The fourth-order valence-corrected chi connectivity index (χ4v) is 5.10. The molecular weight excluding hydrogens is 512 g/mol. The lowest BCUT2D eigenvalue weighted by atomic mass is 9.97. The molecule has 0 aliphatic rings. The maximum absolute atomic E-state index is 13.6. The van der Waals surface area contributed by atoms with E-state index in [0.29, 0.717) is 28.7 Å². The highest BCUT2D eigenvalue weighted by atomic mass is 32.2. The van der Waals surface area contributed by atoms with Crippen LogP contribution in [-0.2, 0) is 15.6 Å². The van der Waals surface area contributed by atoms with Crippen LogP contribution in [0.5, 0.6) is 11.5 Å². The predicted molar refractivity (Wildman–Crippen MR) is 137 cm³/mol. The van der Waals surface area contributed by atoms with Gasteiger partial charge in [-0.2, -0.15) is 5.26 Å². The van der Waals surface area contributed by atoms with Crippen molar-refractivity contribution in [1.29, 1.82) is 5.26 Å². The smallest absolute Gasteiger partial charge is 0.243 e. The molecule has 1 aromatic carbocycles. The molecule has 0 aliphatic heterocycles. The summed E-state index contributed by atoms with van der Waals surface area (Å²) in [5.41, 5.74) is -1.24. The van der Waals surface area contributed by atoms with Crippen molar-refractivity contribution in [1.82, 2.24) is 19.7 Å². The van der Waals surface area contributed by atoms with E-state index in [4.69, 9.17) is 19.2 Å². The molecule has 0 amide bonds. The molecule has 3 heterocycles. The fraction of sp³-hybridized carbons (Fsp3) is 0.280. The van der Waals surface area contributed by atoms with Crippen molar-refractivity contribution in [2.45, 2.75) is 31.6 Å². The number of sulfonamides is 1. The minimum absolute atomic E-state index is 0.0778. The van der Waals surface area contributed by atoms with E-state index in [2.05, 4.69) is 19.9 Å². The van der Waals surface area contributed by atoms with E-state index in [-0.39, 0.29) is 23.0 Å². The van der Waals surface area contributed by atoms with Gasteiger partial charge in [-0.1, -0.05) is 6.07 Å². The molecule has 0 unspecified atom stereocenters. The first kappa shape index (κ1) is 26.6. The first-order valence-electron chi connectivity index (χ1n) is 11.4. The lowest BCUT2D eigenvalue weighted by Crippen LogP contribution is -2.43. The fourth-order valence-electron chi connectivity index (χ4n) is 3.81. The summed E-state index contributed by atoms with van der Waals surface area (Å²) in [6.07, 6.45) is 1.26. The molecule has 0 fully saturated rings. The van der Waals surface area contributed by atoms with E-state index in [1.165, 1.54) is 51.0 Å². The molecule has 2 atom stereocenters. The Morgan fingerprint density at radius 3 is 2.34 bits per heavy atom. The number of anilines is 1. The zero-order valence-electron chi connectivity index (χ0n) is 21.3. The molecule has 3 aromatic heterocycles. The maximum Gasteiger partial charge on any atom is 0.243 e. The van der Waals surface area contributed by atoms with Crippen LogP contribution in [-0.4, -0.2) is 52.7 Å². The average molecular weight is 539 g/mol. The summed E-state index contributed by atoms with van der Waals surface area (Å²) in [5.74, 6) is 1.66. The van der Waals surface area contributed by atoms with E-state index < -0.39 is 20.9 Å². The molecule has 4 aromatic rings. The van der Waals surface area contributed by atoms with Crippen LogP contribution in [0.15, 0.2) is 53.1 Å². The van der Waals surface area contributed by atoms with Crippen molar-refractivity contribution in [3.8, 4) is 34.8 Å². The number of hydrogen-bond donors (Lipinski definition) is 2. The normalized spacial score (nSPS) is 13.8. The van der Waals surface area contributed by atoms with Crippen molar-refractivity contribution in [3.63, 3.8) is 0 Å². The van der Waals surface area contributed by atoms with E-state index in [0.717, 1.165) is 0 Å². The third-order valence-electron chi connectivity index (χ3n) is 6.15. The highest BCUT2D eigenvalue weighted by Crippen LogP contribution is 2.38. The van der Waals surface area contributed by atoms with Gasteiger partial charge in [-0.15, -0.1) is 10.2 Å². The van der Waals surface area contributed by atoms with Gasteiger partial charge in [0.15, 0.2) is 5.76 Å². The van der Waals surface area contributed by atoms with E-state index in [1.54, 1.807) is 37.3 Å². The average Bonchev–Trinajstić information content (AvgIpc) is 3.52. The molecule has 0 bridgehead atoms. The molecule has 13 heteroatoms. The minimum Gasteiger partial charge on any atom is -0.494 e. The van der Waals surface area contributed by atoms with Gasteiger partial charge in [-0.3, -0.25) is 14.3 Å². The lowest BCUT2D eigenvalue weighted by Gasteiger charge is -2.29. The lowest BCUT2D eigenvalue weighted by molar-refractivity contribution is 0.0521. The molecule has 0 radical (unpaired) electrons. The largest absolute Gasteiger partial charge is 0.494 e. The molecule has 2 N–H and O–H groups in total. The van der Waals surface area contributed by atoms with Crippen molar-refractivity contribution < 1.29 is 27.4 Å². The van der Waals surface area contributed by atoms with Crippen LogP contribution in [0, 0.1) is 18.3 Å². The molecule has 12 nitrogen and oxygen atoms in total. The van der Waals surface area contributed by atoms with Crippen LogP contribution < -0.4 is 14.2 Å². The Hall–Kier alpha value is -4.41. The van der Waals surface area contributed by atoms with E-state index in [1.807, 2.05) is 6.07 Å². The highest BCUT2D eigenvalue weighted by molar-refractivity contribution is 7.93. The second-order valence-electron chi connectivity index (χ2n) is 8.58. The van der Waals surface area contributed by atoms with E-state index in [9.17, 15) is 13.5 Å². The van der Waals surface area contributed by atoms with Crippen LogP contribution in [0.1, 0.15) is 30.9 Å². The second kappa shape index (κ2) is 10.2. The Balaban J connectivity index is 1.83. The zero-order valence-corrected chi connectivity index (χ0v) is 22.1. The topological polar surface area (TPSA) is 165 Å². The van der Waals surface area contributed by atoms with Gasteiger partial charge in [0.05, 0.1) is 25.5 Å². The summed E-state index contributed by atoms with van der Waals surface area (Å²) >= 11 is 0. The van der Waals surface area contributed by atoms with Gasteiger partial charge >= 0.3 is 0 Å². The summed E-state index contributed by atoms with van der Waals surface area (Å²) in [6, 6.07) is 13.3. The van der Waals surface area contributed by atoms with Gasteiger partial charge in [0.2, 0.25) is 21.8 Å². The standard InChI is InChI=1S/C25H26N6O6S/c1-15-9-11-20(37-15)23-28-29-24(31(23)22-18(35-4)7-6-8-19(22)36-5)30-38(33,34)16(2)25(3,32)21-12-10-17(13-26)14-27-21/h6-12,14,16,32H,1-5H3,(H,29,30)/t16-,25+/m0/s1. The van der Waals surface area contributed by atoms with Crippen molar-refractivity contribution in [2.75, 3.05) is 18.9 Å². The number of ether oxygens (including phenoxy) is 2. The first-order chi connectivity index (χ1) is 18.0. The Labute approximate surface area is 219 Å². The zero-order chi connectivity index (χ0) is 27.7. The van der Waals surface area contributed by atoms with Crippen LogP contribution >= 0.6 is 0 Å². The highest BCUT2D eigenvalue weighted by Gasteiger charge is 2.41. The minimum atomic E-state index is -4.31. The number of hydrogen-bond acceptors (Lipinski definition) is 10. The summed E-state index contributed by atoms with van der Waals surface area (Å²) in [7, 11) is -1.38. The first-order valence-corrected chi connectivity index (χ1v) is 12.9. The third kappa shape index (κ3) is 4.79. The number of pyridine rings is 1. The number of nitriles is 1. The summed E-state index contributed by atoms with van der Waals surface area (Å²) in [6.45, 7) is 4.43. The van der Waals surface area contributed by atoms with Gasteiger partial charge in [0, 0.05) is 6.20 Å². The monoisotopic (exact) mass is 538 g/mol. The SMILES string of the molecule is COc1cccc(OC)c1-n1c(NS(=O)(=O)[C@@H](C)[C@@](C)(O)c2ccc(C#N)cn2)nnc1-c1ccc(C)o1. The van der Waals surface area contributed by atoms with Gasteiger partial charge in [0.1, 0.15) is 39.9 Å². The van der Waals surface area contributed by atoms with Crippen molar-refractivity contribution in [3.05, 3.63) is 65.7 Å². The molecule has 0 saturated carbocycles. The number of benzene rings is 1. The molecule has 38 heavy (non-hydrogen) atoms. The van der Waals surface area contributed by atoms with Crippen LogP contribution in [0.3, 0.4) is 0 Å². The van der Waals surface area contributed by atoms with Crippen LogP contribution in [0.25, 0.3) is 17.3 Å². The molecule has 0 spiro atoms. The number of nitrogens with zero attached hydrogens (tertiary/aromatic N) is 5. The summed E-state index contributed by atoms with van der Waals surface area (Å²) in [4.78, 5) is 4.08. The Bertz CT molecular complexity index is 1580. The van der Waals surface area contributed by atoms with Crippen LogP contribution in [0.4, 0.5) is 5.95 Å². The number of aliphatic hydroxyl groups is 1. The summed E-state index contributed by atoms with van der Waals surface area (Å²) in [5, 5.41) is 27.1. The number of furan rings is 1. The molecule has 0 saturated heterocycles. The molecule has 4 rings (SSSR count). The number of para-hydroxylation sites is 1. The number of aryl methyl sites for hydroxylation is 1. The summed E-state index contributed by atoms with van der Waals surface area (Å²) < 4.78 is 47.8. The number of methoxy groups -OCH3 is 2. The van der Waals surface area contributed by atoms with Gasteiger partial charge in [-0.05, 0) is 57.2 Å². The quantitative estimate of drug-likeness (QED) is 0.323. The molecule has 198 valence electrons. The third-order valence-corrected chi connectivity index (χ3v) is 8.01. The van der Waals surface area contributed by atoms with E-state index >= 15 is 0 Å². The predicted octanol–water partition coefficient (Wildman–Crippen LogP) is 3.16. The van der Waals surface area contributed by atoms with Crippen molar-refractivity contribution >= 4 is 16.0 Å². The molecule has 0 aliphatic carbocycles. The second-order valence-corrected chi connectivity index (χ2v) is 10.6. The van der Waals surface area contributed by atoms with Gasteiger partial charge in [-0.25, -0.2) is 8.42 Å².